The SMILES string of the molecule is CCCCC(Oc1ccc(C(C)(C)CC)cc1C)C(=O)Nc1ccc(NC(=O)Nc2ccc(C#N)cc2)c(O)c1. The number of aryl methyl sites for hydroxylation is 1. The number of amides is 3. The van der Waals surface area contributed by atoms with Crippen LogP contribution in [0.4, 0.5) is 21.9 Å². The molecule has 1 unspecified atom stereocenters. The molecule has 0 saturated carbocycles. The summed E-state index contributed by atoms with van der Waals surface area (Å²) in [6, 6.07) is 18.4. The van der Waals surface area contributed by atoms with Crippen LogP contribution in [0.2, 0.25) is 0 Å². The van der Waals surface area contributed by atoms with E-state index in [-0.39, 0.29) is 22.8 Å². The zero-order valence-corrected chi connectivity index (χ0v) is 23.8. The second-order valence-corrected chi connectivity index (χ2v) is 10.5. The Morgan fingerprint density at radius 1 is 0.975 bits per heavy atom. The monoisotopic (exact) mass is 542 g/mol. The van der Waals surface area contributed by atoms with Crippen molar-refractivity contribution >= 4 is 29.0 Å². The summed E-state index contributed by atoms with van der Waals surface area (Å²) in [5.41, 5.74) is 3.78. The molecule has 8 heteroatoms. The van der Waals surface area contributed by atoms with E-state index in [1.54, 1.807) is 30.3 Å². The van der Waals surface area contributed by atoms with Crippen LogP contribution in [-0.2, 0) is 10.2 Å². The average molecular weight is 543 g/mol. The third-order valence-corrected chi connectivity index (χ3v) is 7.01. The molecule has 0 saturated heterocycles. The summed E-state index contributed by atoms with van der Waals surface area (Å²) in [6.45, 7) is 10.6. The van der Waals surface area contributed by atoms with Gasteiger partial charge in [-0.15, -0.1) is 0 Å². The van der Waals surface area contributed by atoms with Crippen LogP contribution in [0.25, 0.3) is 0 Å². The highest BCUT2D eigenvalue weighted by Crippen LogP contribution is 2.32. The number of aromatic hydroxyl groups is 1. The summed E-state index contributed by atoms with van der Waals surface area (Å²) in [6.07, 6.45) is 2.59. The third-order valence-electron chi connectivity index (χ3n) is 7.01. The Balaban J connectivity index is 1.67. The molecule has 0 fully saturated rings. The Hall–Kier alpha value is -4.51. The fourth-order valence-electron chi connectivity index (χ4n) is 4.04. The van der Waals surface area contributed by atoms with Crippen molar-refractivity contribution in [2.75, 3.05) is 16.0 Å². The zero-order chi connectivity index (χ0) is 29.3. The smallest absolute Gasteiger partial charge is 0.323 e. The molecule has 8 nitrogen and oxygen atoms in total. The molecule has 1 atom stereocenters. The lowest BCUT2D eigenvalue weighted by Crippen LogP contribution is -2.33. The van der Waals surface area contributed by atoms with Crippen molar-refractivity contribution in [3.05, 3.63) is 77.4 Å². The van der Waals surface area contributed by atoms with Gasteiger partial charge in [0, 0.05) is 17.4 Å². The molecule has 0 spiro atoms. The van der Waals surface area contributed by atoms with Gasteiger partial charge in [0.1, 0.15) is 11.5 Å². The molecule has 4 N–H and O–H groups in total. The first-order valence-corrected chi connectivity index (χ1v) is 13.6. The number of ether oxygens (including phenoxy) is 1. The van der Waals surface area contributed by atoms with Crippen molar-refractivity contribution in [2.45, 2.75) is 71.8 Å². The lowest BCUT2D eigenvalue weighted by atomic mass is 9.81. The second kappa shape index (κ2) is 13.5. The van der Waals surface area contributed by atoms with Crippen LogP contribution < -0.4 is 20.7 Å². The fraction of sp³-hybridized carbons (Fsp3) is 0.344. The molecule has 210 valence electrons. The van der Waals surface area contributed by atoms with Crippen molar-refractivity contribution in [1.29, 1.82) is 5.26 Å². The Morgan fingerprint density at radius 2 is 1.68 bits per heavy atom. The molecule has 0 heterocycles. The lowest BCUT2D eigenvalue weighted by Gasteiger charge is -2.25. The van der Waals surface area contributed by atoms with Crippen LogP contribution in [0.15, 0.2) is 60.7 Å². The normalized spacial score (nSPS) is 11.7. The predicted molar refractivity (Wildman–Crippen MR) is 159 cm³/mol. The van der Waals surface area contributed by atoms with Crippen molar-refractivity contribution in [2.24, 2.45) is 0 Å². The molecule has 0 bridgehead atoms. The van der Waals surface area contributed by atoms with Crippen LogP contribution >= 0.6 is 0 Å². The van der Waals surface area contributed by atoms with Gasteiger partial charge in [-0.2, -0.15) is 5.26 Å². The van der Waals surface area contributed by atoms with E-state index >= 15 is 0 Å². The standard InChI is InChI=1S/C32H38N4O4/c1-6-8-9-29(40-28-17-12-23(18-21(28)3)32(4,5)7-2)30(38)34-25-15-16-26(27(37)19-25)36-31(39)35-24-13-10-22(20-33)11-14-24/h10-19,29,37H,6-9H2,1-5H3,(H,34,38)(H2,35,36,39). The van der Waals surface area contributed by atoms with Gasteiger partial charge in [-0.25, -0.2) is 4.79 Å². The number of nitrogens with zero attached hydrogens (tertiary/aromatic N) is 1. The summed E-state index contributed by atoms with van der Waals surface area (Å²) < 4.78 is 6.20. The summed E-state index contributed by atoms with van der Waals surface area (Å²) in [7, 11) is 0. The average Bonchev–Trinajstić information content (AvgIpc) is 2.93. The molecule has 3 rings (SSSR count). The highest BCUT2D eigenvalue weighted by atomic mass is 16.5. The molecule has 3 aromatic rings. The Morgan fingerprint density at radius 3 is 2.27 bits per heavy atom. The maximum atomic E-state index is 13.2. The number of nitriles is 1. The summed E-state index contributed by atoms with van der Waals surface area (Å²) >= 11 is 0. The van der Waals surface area contributed by atoms with Gasteiger partial charge >= 0.3 is 6.03 Å². The fourth-order valence-corrected chi connectivity index (χ4v) is 4.04. The summed E-state index contributed by atoms with van der Waals surface area (Å²) in [5.74, 6) is 0.149. The van der Waals surface area contributed by atoms with Gasteiger partial charge in [0.05, 0.1) is 17.3 Å². The number of phenolic OH excluding ortho intramolecular Hbond substituents is 1. The molecular weight excluding hydrogens is 504 g/mol. The molecule has 3 amide bonds. The lowest BCUT2D eigenvalue weighted by molar-refractivity contribution is -0.123. The van der Waals surface area contributed by atoms with E-state index in [1.807, 2.05) is 19.1 Å². The minimum atomic E-state index is -0.707. The molecule has 0 aliphatic heterocycles. The molecule has 3 aromatic carbocycles. The van der Waals surface area contributed by atoms with E-state index in [4.69, 9.17) is 10.00 Å². The van der Waals surface area contributed by atoms with E-state index in [9.17, 15) is 14.7 Å². The topological polar surface area (TPSA) is 123 Å². The van der Waals surface area contributed by atoms with Gasteiger partial charge < -0.3 is 25.8 Å². The number of anilines is 3. The number of nitrogens with one attached hydrogen (secondary N) is 3. The number of phenols is 1. The first kappa shape index (κ1) is 30.0. The number of unbranched alkanes of at least 4 members (excludes halogenated alkanes) is 1. The molecule has 0 aromatic heterocycles. The minimum absolute atomic E-state index is 0.0512. The largest absolute Gasteiger partial charge is 0.506 e. The third kappa shape index (κ3) is 8.00. The highest BCUT2D eigenvalue weighted by Gasteiger charge is 2.23. The van der Waals surface area contributed by atoms with Gasteiger partial charge in [-0.1, -0.05) is 46.2 Å². The van der Waals surface area contributed by atoms with E-state index in [2.05, 4.69) is 55.8 Å². The van der Waals surface area contributed by atoms with E-state index in [0.29, 0.717) is 29.1 Å². The van der Waals surface area contributed by atoms with Crippen molar-refractivity contribution in [3.63, 3.8) is 0 Å². The number of urea groups is 1. The number of rotatable bonds is 11. The van der Waals surface area contributed by atoms with Gasteiger partial charge in [-0.3, -0.25) is 4.79 Å². The van der Waals surface area contributed by atoms with Crippen molar-refractivity contribution in [3.8, 4) is 17.6 Å². The molecular formula is C32H38N4O4. The van der Waals surface area contributed by atoms with Crippen LogP contribution in [0.1, 0.15) is 70.1 Å². The maximum Gasteiger partial charge on any atom is 0.323 e. The van der Waals surface area contributed by atoms with Crippen LogP contribution in [0, 0.1) is 18.3 Å². The van der Waals surface area contributed by atoms with Gasteiger partial charge in [0.25, 0.3) is 5.91 Å². The van der Waals surface area contributed by atoms with E-state index in [0.717, 1.165) is 24.8 Å². The van der Waals surface area contributed by atoms with Gasteiger partial charge in [-0.05, 0) is 85.2 Å². The molecule has 0 aliphatic rings. The Kier molecular flexibility index (Phi) is 10.2. The Bertz CT molecular complexity index is 1380. The Labute approximate surface area is 236 Å². The minimum Gasteiger partial charge on any atom is -0.506 e. The molecule has 0 radical (unpaired) electrons. The van der Waals surface area contributed by atoms with Crippen molar-refractivity contribution < 1.29 is 19.4 Å². The van der Waals surface area contributed by atoms with Gasteiger partial charge in [0.15, 0.2) is 6.10 Å². The van der Waals surface area contributed by atoms with Crippen LogP contribution in [-0.4, -0.2) is 23.1 Å². The molecule has 0 aliphatic carbocycles. The van der Waals surface area contributed by atoms with Crippen LogP contribution in [0.5, 0.6) is 11.5 Å². The first-order valence-electron chi connectivity index (χ1n) is 13.6. The quantitative estimate of drug-likeness (QED) is 0.187. The summed E-state index contributed by atoms with van der Waals surface area (Å²) in [5, 5.41) is 27.4. The predicted octanol–water partition coefficient (Wildman–Crippen LogP) is 7.48. The number of hydrogen-bond donors (Lipinski definition) is 4. The zero-order valence-electron chi connectivity index (χ0n) is 23.8. The summed E-state index contributed by atoms with van der Waals surface area (Å²) in [4.78, 5) is 25.6. The number of carbonyl (C=O) groups excluding carboxylic acids is 2. The number of hydrogen-bond acceptors (Lipinski definition) is 5. The second-order valence-electron chi connectivity index (χ2n) is 10.5. The number of carbonyl (C=O) groups is 2. The van der Waals surface area contributed by atoms with E-state index in [1.165, 1.54) is 17.7 Å². The number of benzene rings is 3. The highest BCUT2D eigenvalue weighted by molar-refractivity contribution is 6.01. The van der Waals surface area contributed by atoms with Crippen LogP contribution in [0.3, 0.4) is 0 Å². The maximum absolute atomic E-state index is 13.2. The first-order chi connectivity index (χ1) is 19.1. The van der Waals surface area contributed by atoms with Gasteiger partial charge in [0.2, 0.25) is 0 Å². The molecule has 40 heavy (non-hydrogen) atoms. The van der Waals surface area contributed by atoms with Crippen molar-refractivity contribution in [1.82, 2.24) is 0 Å². The van der Waals surface area contributed by atoms with E-state index < -0.39 is 12.1 Å².